The quantitative estimate of drug-likeness (QED) is 0.570. The van der Waals surface area contributed by atoms with Crippen LogP contribution in [-0.2, 0) is 4.74 Å². The zero-order chi connectivity index (χ0) is 8.53. The van der Waals surface area contributed by atoms with Gasteiger partial charge in [-0.3, -0.25) is 0 Å². The van der Waals surface area contributed by atoms with Crippen LogP contribution in [0.3, 0.4) is 0 Å². The highest BCUT2D eigenvalue weighted by molar-refractivity contribution is 4.49. The van der Waals surface area contributed by atoms with E-state index >= 15 is 0 Å². The molecular weight excluding hydrogens is 138 g/mol. The van der Waals surface area contributed by atoms with Crippen LogP contribution in [0.5, 0.6) is 0 Å². The van der Waals surface area contributed by atoms with Crippen LogP contribution in [0.25, 0.3) is 0 Å². The Morgan fingerprint density at radius 3 is 2.55 bits per heavy atom. The Morgan fingerprint density at radius 1 is 1.27 bits per heavy atom. The second-order valence-electron chi connectivity index (χ2n) is 3.21. The lowest BCUT2D eigenvalue weighted by Crippen LogP contribution is -2.24. The summed E-state index contributed by atoms with van der Waals surface area (Å²) in [6.07, 6.45) is 1.12. The lowest BCUT2D eigenvalue weighted by Gasteiger charge is -2.06. The normalized spacial score (nSPS) is 10.9. The Bertz CT molecular complexity index is 74.0. The summed E-state index contributed by atoms with van der Waals surface area (Å²) < 4.78 is 5.30. The largest absolute Gasteiger partial charge is 0.380 e. The van der Waals surface area contributed by atoms with Crippen LogP contribution < -0.4 is 5.32 Å². The van der Waals surface area contributed by atoms with E-state index in [1.54, 1.807) is 0 Å². The predicted molar refractivity (Wildman–Crippen MR) is 48.8 cm³/mol. The molecule has 11 heavy (non-hydrogen) atoms. The highest BCUT2D eigenvalue weighted by Gasteiger charge is 1.91. The van der Waals surface area contributed by atoms with Crippen molar-refractivity contribution >= 4 is 0 Å². The van der Waals surface area contributed by atoms with Crippen molar-refractivity contribution in [3.8, 4) is 0 Å². The Labute approximate surface area is 70.3 Å². The minimum Gasteiger partial charge on any atom is -0.380 e. The topological polar surface area (TPSA) is 21.3 Å². The molecule has 0 saturated carbocycles. The monoisotopic (exact) mass is 159 g/mol. The number of ether oxygens (including phenoxy) is 1. The smallest absolute Gasteiger partial charge is 0.0590 e. The maximum absolute atomic E-state index is 5.30. The van der Waals surface area contributed by atoms with Gasteiger partial charge in [-0.15, -0.1) is 0 Å². The van der Waals surface area contributed by atoms with E-state index in [-0.39, 0.29) is 0 Å². The minimum absolute atomic E-state index is 0.737. The molecule has 0 saturated heterocycles. The van der Waals surface area contributed by atoms with E-state index in [2.05, 4.69) is 26.1 Å². The fourth-order valence-electron chi connectivity index (χ4n) is 0.781. The van der Waals surface area contributed by atoms with Crippen LogP contribution in [0.2, 0.25) is 0 Å². The number of rotatable bonds is 7. The van der Waals surface area contributed by atoms with E-state index in [9.17, 15) is 0 Å². The van der Waals surface area contributed by atoms with Crippen molar-refractivity contribution in [2.24, 2.45) is 5.92 Å². The highest BCUT2D eigenvalue weighted by atomic mass is 16.5. The van der Waals surface area contributed by atoms with Gasteiger partial charge in [0.1, 0.15) is 0 Å². The maximum atomic E-state index is 5.30. The second kappa shape index (κ2) is 8.02. The molecule has 0 spiro atoms. The van der Waals surface area contributed by atoms with Crippen molar-refractivity contribution in [3.05, 3.63) is 0 Å². The Hall–Kier alpha value is -0.0800. The zero-order valence-corrected chi connectivity index (χ0v) is 8.02. The molecule has 0 aliphatic rings. The van der Waals surface area contributed by atoms with E-state index in [0.29, 0.717) is 0 Å². The van der Waals surface area contributed by atoms with Crippen LogP contribution in [0.4, 0.5) is 0 Å². The molecule has 0 radical (unpaired) electrons. The molecule has 0 unspecified atom stereocenters. The van der Waals surface area contributed by atoms with E-state index in [4.69, 9.17) is 4.74 Å². The van der Waals surface area contributed by atoms with E-state index < -0.39 is 0 Å². The molecule has 0 bridgehead atoms. The van der Waals surface area contributed by atoms with Crippen LogP contribution in [-0.4, -0.2) is 26.3 Å². The molecule has 2 heteroatoms. The van der Waals surface area contributed by atoms with Crippen LogP contribution in [0, 0.1) is 5.92 Å². The summed E-state index contributed by atoms with van der Waals surface area (Å²) >= 11 is 0. The van der Waals surface area contributed by atoms with Crippen LogP contribution in [0.1, 0.15) is 27.2 Å². The summed E-state index contributed by atoms with van der Waals surface area (Å²) in [7, 11) is 0. The van der Waals surface area contributed by atoms with Crippen molar-refractivity contribution < 1.29 is 4.74 Å². The van der Waals surface area contributed by atoms with Gasteiger partial charge in [0.15, 0.2) is 0 Å². The first-order chi connectivity index (χ1) is 5.27. The summed E-state index contributed by atoms with van der Waals surface area (Å²) in [4.78, 5) is 0. The summed E-state index contributed by atoms with van der Waals surface area (Å²) in [5.74, 6) is 0.737. The maximum Gasteiger partial charge on any atom is 0.0590 e. The van der Waals surface area contributed by atoms with Gasteiger partial charge in [0.05, 0.1) is 6.61 Å². The molecule has 1 N–H and O–H groups in total. The molecule has 0 aliphatic heterocycles. The van der Waals surface area contributed by atoms with Crippen molar-refractivity contribution in [1.29, 1.82) is 0 Å². The molecule has 0 aromatic carbocycles. The second-order valence-corrected chi connectivity index (χ2v) is 3.21. The van der Waals surface area contributed by atoms with Gasteiger partial charge in [-0.25, -0.2) is 0 Å². The average molecular weight is 159 g/mol. The summed E-state index contributed by atoms with van der Waals surface area (Å²) in [6, 6.07) is 0. The van der Waals surface area contributed by atoms with Gasteiger partial charge < -0.3 is 10.1 Å². The molecule has 0 aromatic heterocycles. The van der Waals surface area contributed by atoms with Crippen LogP contribution in [0.15, 0.2) is 0 Å². The van der Waals surface area contributed by atoms with E-state index in [1.165, 1.54) is 0 Å². The van der Waals surface area contributed by atoms with Gasteiger partial charge in [0, 0.05) is 13.2 Å². The standard InChI is InChI=1S/C9H21NO/c1-4-6-11-7-5-10-8-9(2)3/h9-10H,4-8H2,1-3H3. The third-order valence-corrected chi connectivity index (χ3v) is 1.32. The van der Waals surface area contributed by atoms with Crippen molar-refractivity contribution in [2.75, 3.05) is 26.3 Å². The van der Waals surface area contributed by atoms with Gasteiger partial charge in [-0.05, 0) is 18.9 Å². The number of hydrogen-bond donors (Lipinski definition) is 1. The van der Waals surface area contributed by atoms with E-state index in [0.717, 1.165) is 38.6 Å². The van der Waals surface area contributed by atoms with Crippen molar-refractivity contribution in [2.45, 2.75) is 27.2 Å². The SMILES string of the molecule is CCCOCCNCC(C)C. The number of nitrogens with one attached hydrogen (secondary N) is 1. The molecular formula is C9H21NO. The summed E-state index contributed by atoms with van der Waals surface area (Å²) in [5, 5.41) is 3.32. The Balaban J connectivity index is 2.80. The zero-order valence-electron chi connectivity index (χ0n) is 8.02. The van der Waals surface area contributed by atoms with Crippen LogP contribution >= 0.6 is 0 Å². The summed E-state index contributed by atoms with van der Waals surface area (Å²) in [6.45, 7) is 10.4. The van der Waals surface area contributed by atoms with Crippen molar-refractivity contribution in [1.82, 2.24) is 5.32 Å². The minimum atomic E-state index is 0.737. The molecule has 0 amide bonds. The lowest BCUT2D eigenvalue weighted by molar-refractivity contribution is 0.136. The van der Waals surface area contributed by atoms with Gasteiger partial charge in [0.25, 0.3) is 0 Å². The van der Waals surface area contributed by atoms with Crippen molar-refractivity contribution in [3.63, 3.8) is 0 Å². The Kier molecular flexibility index (Phi) is 7.96. The molecule has 0 aliphatic carbocycles. The predicted octanol–water partition coefficient (Wildman–Crippen LogP) is 1.66. The molecule has 0 fully saturated rings. The first kappa shape index (κ1) is 10.9. The fourth-order valence-corrected chi connectivity index (χ4v) is 0.781. The third-order valence-electron chi connectivity index (χ3n) is 1.32. The Morgan fingerprint density at radius 2 is 2.00 bits per heavy atom. The molecule has 0 rings (SSSR count). The highest BCUT2D eigenvalue weighted by Crippen LogP contribution is 1.86. The lowest BCUT2D eigenvalue weighted by atomic mass is 10.2. The van der Waals surface area contributed by atoms with Gasteiger partial charge in [0.2, 0.25) is 0 Å². The van der Waals surface area contributed by atoms with Gasteiger partial charge >= 0.3 is 0 Å². The van der Waals surface area contributed by atoms with Gasteiger partial charge in [-0.2, -0.15) is 0 Å². The third kappa shape index (κ3) is 9.92. The van der Waals surface area contributed by atoms with E-state index in [1.807, 2.05) is 0 Å². The molecule has 0 heterocycles. The molecule has 2 nitrogen and oxygen atoms in total. The molecule has 0 aromatic rings. The molecule has 68 valence electrons. The fraction of sp³-hybridized carbons (Fsp3) is 1.00. The van der Waals surface area contributed by atoms with Gasteiger partial charge in [-0.1, -0.05) is 20.8 Å². The molecule has 0 atom stereocenters. The first-order valence-electron chi connectivity index (χ1n) is 4.55. The average Bonchev–Trinajstić information content (AvgIpc) is 1.96. The summed E-state index contributed by atoms with van der Waals surface area (Å²) in [5.41, 5.74) is 0. The first-order valence-corrected chi connectivity index (χ1v) is 4.55. The number of hydrogen-bond acceptors (Lipinski definition) is 2.